The predicted octanol–water partition coefficient (Wildman–Crippen LogP) is 3.50. The molecule has 0 atom stereocenters. The third-order valence-electron chi connectivity index (χ3n) is 3.47. The maximum atomic E-state index is 10.3. The van der Waals surface area contributed by atoms with Crippen LogP contribution in [0.1, 0.15) is 51.4 Å². The van der Waals surface area contributed by atoms with Gasteiger partial charge in [0.05, 0.1) is 39.6 Å². The number of unbranched alkanes of at least 4 members (excludes halogenated alkanes) is 5. The molecule has 150 valence electrons. The van der Waals surface area contributed by atoms with E-state index in [0.717, 1.165) is 38.2 Å². The van der Waals surface area contributed by atoms with E-state index in [-0.39, 0.29) is 6.42 Å². The molecule has 0 bridgehead atoms. The van der Waals surface area contributed by atoms with Gasteiger partial charge in [0.25, 0.3) is 0 Å². The van der Waals surface area contributed by atoms with Crippen molar-refractivity contribution >= 4 is 17.6 Å². The van der Waals surface area contributed by atoms with Gasteiger partial charge in [-0.2, -0.15) is 0 Å². The Morgan fingerprint density at radius 1 is 0.600 bits per heavy atom. The van der Waals surface area contributed by atoms with Gasteiger partial charge in [0.1, 0.15) is 0 Å². The smallest absolute Gasteiger partial charge is 0.303 e. The van der Waals surface area contributed by atoms with Crippen LogP contribution in [0, 0.1) is 0 Å². The summed E-state index contributed by atoms with van der Waals surface area (Å²) in [4.78, 5) is 10.3. The van der Waals surface area contributed by atoms with Crippen LogP contribution in [0.25, 0.3) is 0 Å². The lowest BCUT2D eigenvalue weighted by Gasteiger charge is -2.07. The van der Waals surface area contributed by atoms with Gasteiger partial charge in [-0.15, -0.1) is 11.6 Å². The first-order chi connectivity index (χ1) is 12.3. The fourth-order valence-corrected chi connectivity index (χ4v) is 2.26. The normalized spacial score (nSPS) is 11.1. The number of ether oxygens (including phenoxy) is 4. The summed E-state index contributed by atoms with van der Waals surface area (Å²) in [5, 5.41) is 8.50. The minimum Gasteiger partial charge on any atom is -0.481 e. The molecule has 0 aliphatic rings. The van der Waals surface area contributed by atoms with E-state index < -0.39 is 5.97 Å². The molecule has 7 heteroatoms. The van der Waals surface area contributed by atoms with E-state index in [0.29, 0.717) is 52.7 Å². The molecule has 0 aliphatic heterocycles. The van der Waals surface area contributed by atoms with E-state index in [9.17, 15) is 4.79 Å². The first-order valence-corrected chi connectivity index (χ1v) is 9.89. The molecule has 0 unspecified atom stereocenters. The van der Waals surface area contributed by atoms with E-state index in [2.05, 4.69) is 0 Å². The predicted molar refractivity (Wildman–Crippen MR) is 98.6 cm³/mol. The molecule has 0 rings (SSSR count). The molecule has 0 radical (unpaired) electrons. The van der Waals surface area contributed by atoms with E-state index in [1.807, 2.05) is 0 Å². The molecule has 6 nitrogen and oxygen atoms in total. The summed E-state index contributed by atoms with van der Waals surface area (Å²) in [6, 6.07) is 0. The molecule has 0 amide bonds. The van der Waals surface area contributed by atoms with Gasteiger partial charge in [-0.25, -0.2) is 0 Å². The largest absolute Gasteiger partial charge is 0.481 e. The average molecular weight is 383 g/mol. The second-order valence-electron chi connectivity index (χ2n) is 5.76. The van der Waals surface area contributed by atoms with Crippen molar-refractivity contribution in [2.45, 2.75) is 51.4 Å². The van der Waals surface area contributed by atoms with Crippen LogP contribution >= 0.6 is 11.6 Å². The Labute approximate surface area is 157 Å². The second-order valence-corrected chi connectivity index (χ2v) is 6.14. The number of hydrogen-bond donors (Lipinski definition) is 1. The van der Waals surface area contributed by atoms with Crippen LogP contribution < -0.4 is 0 Å². The maximum absolute atomic E-state index is 10.3. The summed E-state index contributed by atoms with van der Waals surface area (Å²) < 4.78 is 21.7. The Hall–Kier alpha value is -0.400. The fraction of sp³-hybridized carbons (Fsp3) is 0.944. The Morgan fingerprint density at radius 3 is 1.44 bits per heavy atom. The Kier molecular flexibility index (Phi) is 21.3. The maximum Gasteiger partial charge on any atom is 0.303 e. The molecule has 0 saturated heterocycles. The first-order valence-electron chi connectivity index (χ1n) is 9.36. The Balaban J connectivity index is 2.97. The summed E-state index contributed by atoms with van der Waals surface area (Å²) in [7, 11) is 0. The second kappa shape index (κ2) is 21.6. The Morgan fingerprint density at radius 2 is 1.00 bits per heavy atom. The highest BCUT2D eigenvalue weighted by Crippen LogP contribution is 2.01. The lowest BCUT2D eigenvalue weighted by molar-refractivity contribution is -0.137. The molecule has 0 aromatic carbocycles. The van der Waals surface area contributed by atoms with Crippen LogP contribution in [0.4, 0.5) is 0 Å². The van der Waals surface area contributed by atoms with Gasteiger partial charge in [0.2, 0.25) is 0 Å². The van der Waals surface area contributed by atoms with Crippen LogP contribution in [0.5, 0.6) is 0 Å². The summed E-state index contributed by atoms with van der Waals surface area (Å²) in [6.45, 7) is 4.90. The lowest BCUT2D eigenvalue weighted by Crippen LogP contribution is -2.12. The van der Waals surface area contributed by atoms with Crippen molar-refractivity contribution in [3.8, 4) is 0 Å². The molecule has 0 fully saturated rings. The molecule has 1 N–H and O–H groups in total. The van der Waals surface area contributed by atoms with Crippen molar-refractivity contribution in [2.24, 2.45) is 0 Å². The minimum absolute atomic E-state index is 0.239. The number of aliphatic carboxylic acids is 1. The monoisotopic (exact) mass is 382 g/mol. The zero-order chi connectivity index (χ0) is 18.4. The number of alkyl halides is 1. The SMILES string of the molecule is O=C(O)CCCCCOCCOCCOCCOCCCCCCCl. The number of carboxylic acid groups (broad SMARTS) is 1. The topological polar surface area (TPSA) is 74.2 Å². The zero-order valence-electron chi connectivity index (χ0n) is 15.4. The van der Waals surface area contributed by atoms with Crippen LogP contribution in [-0.2, 0) is 23.7 Å². The third kappa shape index (κ3) is 23.6. The molecule has 0 saturated carbocycles. The van der Waals surface area contributed by atoms with Crippen molar-refractivity contribution in [2.75, 3.05) is 58.7 Å². The zero-order valence-corrected chi connectivity index (χ0v) is 16.1. The van der Waals surface area contributed by atoms with Crippen molar-refractivity contribution in [3.05, 3.63) is 0 Å². The molecule has 0 heterocycles. The van der Waals surface area contributed by atoms with Gasteiger partial charge >= 0.3 is 5.97 Å². The molecular formula is C18H35ClO6. The van der Waals surface area contributed by atoms with Crippen LogP contribution in [0.2, 0.25) is 0 Å². The van der Waals surface area contributed by atoms with Crippen molar-refractivity contribution < 1.29 is 28.8 Å². The van der Waals surface area contributed by atoms with Gasteiger partial charge in [-0.3, -0.25) is 4.79 Å². The minimum atomic E-state index is -0.735. The highest BCUT2D eigenvalue weighted by Gasteiger charge is 1.97. The molecule has 0 aromatic rings. The van der Waals surface area contributed by atoms with Crippen molar-refractivity contribution in [1.82, 2.24) is 0 Å². The van der Waals surface area contributed by atoms with Crippen LogP contribution in [-0.4, -0.2) is 69.8 Å². The molecule has 0 aliphatic carbocycles. The highest BCUT2D eigenvalue weighted by atomic mass is 35.5. The number of halogens is 1. The highest BCUT2D eigenvalue weighted by molar-refractivity contribution is 6.17. The van der Waals surface area contributed by atoms with Crippen LogP contribution in [0.15, 0.2) is 0 Å². The van der Waals surface area contributed by atoms with Crippen molar-refractivity contribution in [3.63, 3.8) is 0 Å². The van der Waals surface area contributed by atoms with Gasteiger partial charge in [0.15, 0.2) is 0 Å². The number of carbonyl (C=O) groups is 1. The number of rotatable bonds is 21. The van der Waals surface area contributed by atoms with E-state index in [1.54, 1.807) is 0 Å². The molecule has 0 spiro atoms. The average Bonchev–Trinajstić information content (AvgIpc) is 2.60. The van der Waals surface area contributed by atoms with Gasteiger partial charge in [-0.05, 0) is 25.7 Å². The standard InChI is InChI=1S/C18H35ClO6/c19-9-5-1-2-6-10-22-12-14-24-16-17-25-15-13-23-11-7-3-4-8-18(20)21/h1-17H2,(H,20,21). The molecule has 25 heavy (non-hydrogen) atoms. The number of hydrogen-bond acceptors (Lipinski definition) is 5. The van der Waals surface area contributed by atoms with Gasteiger partial charge in [0, 0.05) is 25.5 Å². The van der Waals surface area contributed by atoms with Gasteiger partial charge < -0.3 is 24.1 Å². The summed E-state index contributed by atoms with van der Waals surface area (Å²) in [6.07, 6.45) is 7.25. The van der Waals surface area contributed by atoms with E-state index in [4.69, 9.17) is 35.7 Å². The first kappa shape index (κ1) is 24.6. The van der Waals surface area contributed by atoms with Crippen LogP contribution in [0.3, 0.4) is 0 Å². The fourth-order valence-electron chi connectivity index (χ4n) is 2.07. The molecular weight excluding hydrogens is 348 g/mol. The summed E-state index contributed by atoms with van der Waals surface area (Å²) in [5.74, 6) is 0.0125. The number of carboxylic acids is 1. The summed E-state index contributed by atoms with van der Waals surface area (Å²) >= 11 is 5.61. The quantitative estimate of drug-likeness (QED) is 0.242. The van der Waals surface area contributed by atoms with E-state index >= 15 is 0 Å². The summed E-state index contributed by atoms with van der Waals surface area (Å²) in [5.41, 5.74) is 0. The van der Waals surface area contributed by atoms with Crippen molar-refractivity contribution in [1.29, 1.82) is 0 Å². The van der Waals surface area contributed by atoms with Gasteiger partial charge in [-0.1, -0.05) is 19.3 Å². The Bertz CT molecular complexity index is 278. The van der Waals surface area contributed by atoms with E-state index in [1.165, 1.54) is 12.8 Å². The molecule has 0 aromatic heterocycles. The third-order valence-corrected chi connectivity index (χ3v) is 3.73. The lowest BCUT2D eigenvalue weighted by atomic mass is 10.2.